The van der Waals surface area contributed by atoms with Crippen molar-refractivity contribution in [3.05, 3.63) is 35.4 Å². The van der Waals surface area contributed by atoms with Gasteiger partial charge in [-0.05, 0) is 25.1 Å². The third-order valence-corrected chi connectivity index (χ3v) is 2.91. The maximum Gasteiger partial charge on any atom is 0.309 e. The zero-order chi connectivity index (χ0) is 11.9. The fourth-order valence-corrected chi connectivity index (χ4v) is 1.74. The Bertz CT molecular complexity index is 441. The fraction of sp³-hybridized carbons (Fsp3) is 0.364. The minimum absolute atomic E-state index is 0.0256. The number of epoxide rings is 1. The fourth-order valence-electron chi connectivity index (χ4n) is 1.74. The monoisotopic (exact) mass is 228 g/mol. The number of ether oxygens (including phenoxy) is 1. The van der Waals surface area contributed by atoms with Crippen LogP contribution >= 0.6 is 0 Å². The van der Waals surface area contributed by atoms with E-state index in [4.69, 9.17) is 9.84 Å². The molecule has 1 aliphatic heterocycles. The van der Waals surface area contributed by atoms with Crippen LogP contribution in [0.25, 0.3) is 0 Å². The summed E-state index contributed by atoms with van der Waals surface area (Å²) in [5.41, 5.74) is -1.24. The van der Waals surface area contributed by atoms with Crippen molar-refractivity contribution in [1.29, 1.82) is 0 Å². The van der Waals surface area contributed by atoms with E-state index in [-0.39, 0.29) is 12.2 Å². The predicted molar refractivity (Wildman–Crippen MR) is 50.8 cm³/mol. The van der Waals surface area contributed by atoms with Gasteiger partial charge >= 0.3 is 5.97 Å². The Hall–Kier alpha value is -1.49. The Labute approximate surface area is 90.7 Å². The lowest BCUT2D eigenvalue weighted by Crippen LogP contribution is -2.28. The normalized spacial score (nSPS) is 25.2. The molecule has 0 bridgehead atoms. The van der Waals surface area contributed by atoms with Crippen molar-refractivity contribution in [3.63, 3.8) is 0 Å². The Kier molecular flexibility index (Phi) is 2.42. The average Bonchev–Trinajstić information content (AvgIpc) is 3.01. The highest BCUT2D eigenvalue weighted by Gasteiger charge is 2.55. The van der Waals surface area contributed by atoms with Gasteiger partial charge in [0.2, 0.25) is 0 Å². The number of halogens is 2. The first-order valence-corrected chi connectivity index (χ1v) is 4.79. The van der Waals surface area contributed by atoms with Crippen molar-refractivity contribution in [2.75, 3.05) is 6.61 Å². The minimum atomic E-state index is -1.21. The molecule has 86 valence electrons. The molecule has 1 aromatic carbocycles. The molecule has 0 spiro atoms. The van der Waals surface area contributed by atoms with E-state index >= 15 is 0 Å². The standard InChI is InChI=1S/C11H10F2O3/c1-6(10(14)15)11(5-16-11)8-4-7(12)2-3-9(8)13/h2-4,6H,5H2,1H3,(H,14,15)/t6-,11?/m0/s1. The number of carboxylic acids is 1. The molecule has 2 rings (SSSR count). The largest absolute Gasteiger partial charge is 0.481 e. The van der Waals surface area contributed by atoms with E-state index in [9.17, 15) is 13.6 Å². The van der Waals surface area contributed by atoms with Gasteiger partial charge < -0.3 is 9.84 Å². The van der Waals surface area contributed by atoms with Crippen molar-refractivity contribution >= 4 is 5.97 Å². The van der Waals surface area contributed by atoms with E-state index in [1.165, 1.54) is 6.92 Å². The molecule has 1 aromatic rings. The molecule has 0 amide bonds. The van der Waals surface area contributed by atoms with Gasteiger partial charge in [0.05, 0.1) is 12.5 Å². The summed E-state index contributed by atoms with van der Waals surface area (Å²) in [5.74, 6) is -3.26. The van der Waals surface area contributed by atoms with E-state index in [1.807, 2.05) is 0 Å². The van der Waals surface area contributed by atoms with Crippen LogP contribution in [0, 0.1) is 17.6 Å². The molecule has 1 aliphatic rings. The first-order chi connectivity index (χ1) is 7.47. The number of hydrogen-bond donors (Lipinski definition) is 1. The molecule has 0 aliphatic carbocycles. The van der Waals surface area contributed by atoms with Gasteiger partial charge in [-0.1, -0.05) is 0 Å². The first kappa shape index (κ1) is 11.0. The van der Waals surface area contributed by atoms with E-state index < -0.39 is 29.1 Å². The number of aliphatic carboxylic acids is 1. The number of rotatable bonds is 3. The summed E-state index contributed by atoms with van der Waals surface area (Å²) < 4.78 is 31.5. The molecule has 2 atom stereocenters. The Morgan fingerprint density at radius 2 is 2.19 bits per heavy atom. The van der Waals surface area contributed by atoms with Crippen molar-refractivity contribution < 1.29 is 23.4 Å². The van der Waals surface area contributed by atoms with Crippen molar-refractivity contribution in [1.82, 2.24) is 0 Å². The Morgan fingerprint density at radius 1 is 1.56 bits per heavy atom. The molecule has 0 aromatic heterocycles. The molecular weight excluding hydrogens is 218 g/mol. The predicted octanol–water partition coefficient (Wildman–Crippen LogP) is 1.91. The minimum Gasteiger partial charge on any atom is -0.481 e. The number of carbonyl (C=O) groups is 1. The van der Waals surface area contributed by atoms with Gasteiger partial charge in [-0.15, -0.1) is 0 Å². The summed E-state index contributed by atoms with van der Waals surface area (Å²) in [5, 5.41) is 8.88. The van der Waals surface area contributed by atoms with Gasteiger partial charge in [0.25, 0.3) is 0 Å². The maximum absolute atomic E-state index is 13.5. The molecule has 3 nitrogen and oxygen atoms in total. The van der Waals surface area contributed by atoms with Crippen LogP contribution in [-0.4, -0.2) is 17.7 Å². The lowest BCUT2D eigenvalue weighted by Gasteiger charge is -2.17. The van der Waals surface area contributed by atoms with E-state index in [2.05, 4.69) is 0 Å². The van der Waals surface area contributed by atoms with Crippen molar-refractivity contribution in [3.8, 4) is 0 Å². The summed E-state index contributed by atoms with van der Waals surface area (Å²) in [4.78, 5) is 10.9. The van der Waals surface area contributed by atoms with E-state index in [1.54, 1.807) is 0 Å². The SMILES string of the molecule is C[C@@H](C(=O)O)C1(c2cc(F)ccc2F)CO1. The second-order valence-corrected chi connectivity index (χ2v) is 3.86. The van der Waals surface area contributed by atoms with Gasteiger partial charge in [-0.2, -0.15) is 0 Å². The number of carboxylic acid groups (broad SMARTS) is 1. The van der Waals surface area contributed by atoms with Crippen LogP contribution in [0.1, 0.15) is 12.5 Å². The molecule has 1 heterocycles. The Morgan fingerprint density at radius 3 is 2.69 bits per heavy atom. The van der Waals surface area contributed by atoms with Gasteiger partial charge in [0.15, 0.2) is 0 Å². The van der Waals surface area contributed by atoms with Gasteiger partial charge in [-0.3, -0.25) is 4.79 Å². The lowest BCUT2D eigenvalue weighted by atomic mass is 9.87. The topological polar surface area (TPSA) is 49.8 Å². The van der Waals surface area contributed by atoms with Crippen LogP contribution in [-0.2, 0) is 15.1 Å². The number of benzene rings is 1. The summed E-state index contributed by atoms with van der Waals surface area (Å²) in [7, 11) is 0. The van der Waals surface area contributed by atoms with Gasteiger partial charge in [0, 0.05) is 5.56 Å². The summed E-state index contributed by atoms with van der Waals surface area (Å²) in [6, 6.07) is 2.95. The zero-order valence-electron chi connectivity index (χ0n) is 8.54. The summed E-state index contributed by atoms with van der Waals surface area (Å²) in [6.07, 6.45) is 0. The molecule has 0 saturated carbocycles. The van der Waals surface area contributed by atoms with Crippen molar-refractivity contribution in [2.45, 2.75) is 12.5 Å². The highest BCUT2D eigenvalue weighted by Crippen LogP contribution is 2.46. The van der Waals surface area contributed by atoms with Crippen LogP contribution in [0.2, 0.25) is 0 Å². The maximum atomic E-state index is 13.5. The van der Waals surface area contributed by atoms with Gasteiger partial charge in [0.1, 0.15) is 17.2 Å². The summed E-state index contributed by atoms with van der Waals surface area (Å²) >= 11 is 0. The van der Waals surface area contributed by atoms with Gasteiger partial charge in [-0.25, -0.2) is 8.78 Å². The van der Waals surface area contributed by atoms with Crippen molar-refractivity contribution in [2.24, 2.45) is 5.92 Å². The third-order valence-electron chi connectivity index (χ3n) is 2.91. The molecule has 5 heteroatoms. The first-order valence-electron chi connectivity index (χ1n) is 4.79. The summed E-state index contributed by atoms with van der Waals surface area (Å²) in [6.45, 7) is 1.51. The molecule has 1 fully saturated rings. The molecule has 1 unspecified atom stereocenters. The van der Waals surface area contributed by atoms with Crippen LogP contribution in [0.5, 0.6) is 0 Å². The molecule has 0 radical (unpaired) electrons. The number of hydrogen-bond acceptors (Lipinski definition) is 2. The smallest absolute Gasteiger partial charge is 0.309 e. The highest BCUT2D eigenvalue weighted by atomic mass is 19.1. The second kappa shape index (κ2) is 3.52. The quantitative estimate of drug-likeness (QED) is 0.804. The second-order valence-electron chi connectivity index (χ2n) is 3.86. The van der Waals surface area contributed by atoms with E-state index in [0.717, 1.165) is 18.2 Å². The van der Waals surface area contributed by atoms with Crippen LogP contribution in [0.4, 0.5) is 8.78 Å². The average molecular weight is 228 g/mol. The van der Waals surface area contributed by atoms with E-state index in [0.29, 0.717) is 0 Å². The zero-order valence-corrected chi connectivity index (χ0v) is 8.54. The van der Waals surface area contributed by atoms with Crippen LogP contribution in [0.15, 0.2) is 18.2 Å². The highest BCUT2D eigenvalue weighted by molar-refractivity contribution is 5.72. The Balaban J connectivity index is 2.44. The lowest BCUT2D eigenvalue weighted by molar-refractivity contribution is -0.143. The molecule has 1 saturated heterocycles. The molecular formula is C11H10F2O3. The third kappa shape index (κ3) is 1.57. The van der Waals surface area contributed by atoms with Crippen LogP contribution < -0.4 is 0 Å². The molecule has 1 N–H and O–H groups in total. The van der Waals surface area contributed by atoms with Crippen LogP contribution in [0.3, 0.4) is 0 Å². The molecule has 16 heavy (non-hydrogen) atoms.